The van der Waals surface area contributed by atoms with Gasteiger partial charge in [0.15, 0.2) is 0 Å². The summed E-state index contributed by atoms with van der Waals surface area (Å²) in [5, 5.41) is 12.5. The Bertz CT molecular complexity index is 620. The molecule has 2 rings (SSSR count). The molecule has 1 aliphatic heterocycles. The Labute approximate surface area is 150 Å². The van der Waals surface area contributed by atoms with Crippen LogP contribution in [0.3, 0.4) is 0 Å². The summed E-state index contributed by atoms with van der Waals surface area (Å²) in [5.41, 5.74) is 0.495. The van der Waals surface area contributed by atoms with Crippen LogP contribution in [0, 0.1) is 10.8 Å². The zero-order valence-electron chi connectivity index (χ0n) is 15.8. The fourth-order valence-electron chi connectivity index (χ4n) is 3.07. The van der Waals surface area contributed by atoms with Crippen LogP contribution in [0.25, 0.3) is 0 Å². The number of benzene rings is 1. The number of rotatable bonds is 4. The van der Waals surface area contributed by atoms with E-state index in [4.69, 9.17) is 0 Å². The molecule has 1 aliphatic rings. The highest BCUT2D eigenvalue weighted by atomic mass is 16.3. The molecule has 138 valence electrons. The van der Waals surface area contributed by atoms with E-state index < -0.39 is 5.41 Å². The van der Waals surface area contributed by atoms with E-state index in [1.807, 2.05) is 37.8 Å². The fourth-order valence-corrected chi connectivity index (χ4v) is 3.07. The molecule has 1 saturated heterocycles. The smallest absolute Gasteiger partial charge is 0.255 e. The van der Waals surface area contributed by atoms with Crippen LogP contribution in [-0.2, 0) is 4.79 Å². The second-order valence-corrected chi connectivity index (χ2v) is 8.05. The fraction of sp³-hybridized carbons (Fsp3) is 0.600. The van der Waals surface area contributed by atoms with E-state index in [2.05, 4.69) is 12.2 Å². The van der Waals surface area contributed by atoms with E-state index >= 15 is 0 Å². The Balaban J connectivity index is 2.14. The van der Waals surface area contributed by atoms with Crippen molar-refractivity contribution >= 4 is 17.5 Å². The molecule has 0 spiro atoms. The predicted octanol–water partition coefficient (Wildman–Crippen LogP) is 3.30. The van der Waals surface area contributed by atoms with Gasteiger partial charge in [-0.15, -0.1) is 0 Å². The van der Waals surface area contributed by atoms with Crippen molar-refractivity contribution in [2.75, 3.05) is 25.0 Å². The van der Waals surface area contributed by atoms with Crippen molar-refractivity contribution in [2.45, 2.75) is 47.0 Å². The van der Waals surface area contributed by atoms with Crippen molar-refractivity contribution in [1.82, 2.24) is 4.90 Å². The quantitative estimate of drug-likeness (QED) is 0.879. The highest BCUT2D eigenvalue weighted by molar-refractivity contribution is 6.04. The van der Waals surface area contributed by atoms with Crippen LogP contribution in [0.2, 0.25) is 0 Å². The van der Waals surface area contributed by atoms with Crippen LogP contribution in [0.4, 0.5) is 5.69 Å². The zero-order chi connectivity index (χ0) is 18.7. The van der Waals surface area contributed by atoms with Crippen molar-refractivity contribution in [3.8, 4) is 0 Å². The Hall–Kier alpha value is -1.88. The van der Waals surface area contributed by atoms with Gasteiger partial charge in [0.25, 0.3) is 5.91 Å². The Morgan fingerprint density at radius 2 is 1.80 bits per heavy atom. The van der Waals surface area contributed by atoms with Crippen LogP contribution in [0.15, 0.2) is 24.3 Å². The van der Waals surface area contributed by atoms with Crippen molar-refractivity contribution in [3.05, 3.63) is 29.8 Å². The number of carbonyl (C=O) groups excluding carboxylic acids is 2. The highest BCUT2D eigenvalue weighted by Gasteiger charge is 2.34. The highest BCUT2D eigenvalue weighted by Crippen LogP contribution is 2.35. The summed E-state index contributed by atoms with van der Waals surface area (Å²) in [6, 6.07) is 7.16. The van der Waals surface area contributed by atoms with E-state index in [1.54, 1.807) is 12.1 Å². The number of hydrogen-bond donors (Lipinski definition) is 2. The number of piperidine rings is 1. The number of hydrogen-bond acceptors (Lipinski definition) is 3. The zero-order valence-corrected chi connectivity index (χ0v) is 15.8. The SMILES string of the molecule is CCC1(CO)CCN(C(=O)c2ccccc2NC(=O)C(C)(C)C)CC1. The monoisotopic (exact) mass is 346 g/mol. The first-order chi connectivity index (χ1) is 11.7. The molecule has 1 aromatic carbocycles. The Kier molecular flexibility index (Phi) is 5.88. The lowest BCUT2D eigenvalue weighted by Crippen LogP contribution is -2.44. The molecule has 0 radical (unpaired) electrons. The van der Waals surface area contributed by atoms with Crippen LogP contribution in [-0.4, -0.2) is 41.5 Å². The van der Waals surface area contributed by atoms with E-state index in [0.29, 0.717) is 24.3 Å². The number of anilines is 1. The van der Waals surface area contributed by atoms with Crippen LogP contribution >= 0.6 is 0 Å². The van der Waals surface area contributed by atoms with Crippen LogP contribution in [0.1, 0.15) is 57.3 Å². The second-order valence-electron chi connectivity index (χ2n) is 8.05. The van der Waals surface area contributed by atoms with Crippen molar-refractivity contribution in [3.63, 3.8) is 0 Å². The van der Waals surface area contributed by atoms with Crippen molar-refractivity contribution in [2.24, 2.45) is 10.8 Å². The molecule has 5 heteroatoms. The molecule has 25 heavy (non-hydrogen) atoms. The average molecular weight is 346 g/mol. The third kappa shape index (κ3) is 4.40. The van der Waals surface area contributed by atoms with E-state index in [9.17, 15) is 14.7 Å². The molecule has 2 N–H and O–H groups in total. The summed E-state index contributed by atoms with van der Waals surface area (Å²) in [6.07, 6.45) is 2.54. The number of para-hydroxylation sites is 1. The number of aliphatic hydroxyl groups is 1. The van der Waals surface area contributed by atoms with Crippen molar-refractivity contribution in [1.29, 1.82) is 0 Å². The van der Waals surface area contributed by atoms with E-state index in [1.165, 1.54) is 0 Å². The maximum absolute atomic E-state index is 13.0. The third-order valence-corrected chi connectivity index (χ3v) is 5.28. The van der Waals surface area contributed by atoms with Gasteiger partial charge >= 0.3 is 0 Å². The molecule has 1 fully saturated rings. The lowest BCUT2D eigenvalue weighted by atomic mass is 9.77. The van der Waals surface area contributed by atoms with Gasteiger partial charge in [0, 0.05) is 25.1 Å². The molecule has 0 unspecified atom stereocenters. The number of carbonyl (C=O) groups is 2. The van der Waals surface area contributed by atoms with Gasteiger partial charge in [-0.2, -0.15) is 0 Å². The van der Waals surface area contributed by atoms with Gasteiger partial charge in [0.1, 0.15) is 0 Å². The first kappa shape index (κ1) is 19.4. The summed E-state index contributed by atoms with van der Waals surface area (Å²) in [5.74, 6) is -0.177. The maximum atomic E-state index is 13.0. The summed E-state index contributed by atoms with van der Waals surface area (Å²) < 4.78 is 0. The van der Waals surface area contributed by atoms with Crippen LogP contribution < -0.4 is 5.32 Å². The van der Waals surface area contributed by atoms with Gasteiger partial charge in [0.05, 0.1) is 11.3 Å². The van der Waals surface area contributed by atoms with Crippen molar-refractivity contribution < 1.29 is 14.7 Å². The summed E-state index contributed by atoms with van der Waals surface area (Å²) >= 11 is 0. The molecule has 0 saturated carbocycles. The lowest BCUT2D eigenvalue weighted by molar-refractivity contribution is -0.123. The topological polar surface area (TPSA) is 69.6 Å². The van der Waals surface area contributed by atoms with Gasteiger partial charge < -0.3 is 15.3 Å². The first-order valence-corrected chi connectivity index (χ1v) is 9.03. The molecular weight excluding hydrogens is 316 g/mol. The number of likely N-dealkylation sites (tertiary alicyclic amines) is 1. The number of nitrogens with zero attached hydrogens (tertiary/aromatic N) is 1. The average Bonchev–Trinajstić information content (AvgIpc) is 2.61. The minimum absolute atomic E-state index is 0.0588. The Morgan fingerprint density at radius 3 is 2.32 bits per heavy atom. The molecule has 2 amide bonds. The largest absolute Gasteiger partial charge is 0.396 e. The summed E-state index contributed by atoms with van der Waals surface area (Å²) in [7, 11) is 0. The van der Waals surface area contributed by atoms with Gasteiger partial charge in [-0.05, 0) is 36.8 Å². The molecule has 0 aromatic heterocycles. The molecule has 1 heterocycles. The maximum Gasteiger partial charge on any atom is 0.255 e. The Morgan fingerprint density at radius 1 is 1.20 bits per heavy atom. The van der Waals surface area contributed by atoms with Gasteiger partial charge in [-0.25, -0.2) is 0 Å². The van der Waals surface area contributed by atoms with Crippen LogP contribution in [0.5, 0.6) is 0 Å². The molecular formula is C20H30N2O3. The number of amides is 2. The van der Waals surface area contributed by atoms with Gasteiger partial charge in [0.2, 0.25) is 5.91 Å². The molecule has 1 aromatic rings. The lowest BCUT2D eigenvalue weighted by Gasteiger charge is -2.40. The van der Waals surface area contributed by atoms with Gasteiger partial charge in [-0.1, -0.05) is 39.8 Å². The number of aliphatic hydroxyl groups excluding tert-OH is 1. The van der Waals surface area contributed by atoms with Gasteiger partial charge in [-0.3, -0.25) is 9.59 Å². The second kappa shape index (κ2) is 7.56. The molecule has 0 bridgehead atoms. The molecule has 5 nitrogen and oxygen atoms in total. The predicted molar refractivity (Wildman–Crippen MR) is 99.5 cm³/mol. The standard InChI is InChI=1S/C20H30N2O3/c1-5-20(14-23)10-12-22(13-11-20)17(24)15-8-6-7-9-16(15)21-18(25)19(2,3)4/h6-9,23H,5,10-14H2,1-4H3,(H,21,25). The molecule has 0 atom stereocenters. The molecule has 0 aliphatic carbocycles. The van der Waals surface area contributed by atoms with E-state index in [0.717, 1.165) is 19.3 Å². The number of nitrogens with one attached hydrogen (secondary N) is 1. The minimum atomic E-state index is -0.525. The minimum Gasteiger partial charge on any atom is -0.396 e. The third-order valence-electron chi connectivity index (χ3n) is 5.28. The first-order valence-electron chi connectivity index (χ1n) is 9.03. The summed E-state index contributed by atoms with van der Waals surface area (Å²) in [6.45, 7) is 9.06. The normalized spacial score (nSPS) is 17.2. The summed E-state index contributed by atoms with van der Waals surface area (Å²) in [4.78, 5) is 27.1. The van der Waals surface area contributed by atoms with E-state index in [-0.39, 0.29) is 23.8 Å².